The Bertz CT molecular complexity index is 2660. The molecule has 1 heterocycles. The van der Waals surface area contributed by atoms with Gasteiger partial charge in [0, 0.05) is 94.0 Å². The van der Waals surface area contributed by atoms with Crippen LogP contribution in [0, 0.1) is 16.2 Å². The van der Waals surface area contributed by atoms with Crippen molar-refractivity contribution in [3.05, 3.63) is 145 Å². The first-order chi connectivity index (χ1) is 47.3. The lowest BCUT2D eigenvalue weighted by Crippen LogP contribution is -2.54. The fourth-order valence-electron chi connectivity index (χ4n) is 8.18. The number of nitrogens with zero attached hydrogens (tertiary/aromatic N) is 3. The summed E-state index contributed by atoms with van der Waals surface area (Å²) >= 11 is 0. The third kappa shape index (κ3) is 35.6. The van der Waals surface area contributed by atoms with Crippen LogP contribution in [0.25, 0.3) is 0 Å². The Hall–Kier alpha value is -10.9. The lowest BCUT2D eigenvalue weighted by Gasteiger charge is -2.31. The molecular formula is C66H90N6O27. The molecule has 0 aliphatic rings. The summed E-state index contributed by atoms with van der Waals surface area (Å²) in [6, 6.07) is 0. The summed E-state index contributed by atoms with van der Waals surface area (Å²) in [4.78, 5) is 188. The second kappa shape index (κ2) is 48.7. The molecular weight excluding hydrogens is 1310 g/mol. The minimum absolute atomic E-state index is 0.0843. The van der Waals surface area contributed by atoms with Crippen molar-refractivity contribution in [3.8, 4) is 0 Å². The lowest BCUT2D eigenvalue weighted by molar-refractivity contribution is -0.161. The first-order valence-electron chi connectivity index (χ1n) is 31.1. The minimum atomic E-state index is -1.56. The van der Waals surface area contributed by atoms with Crippen molar-refractivity contribution in [2.24, 2.45) is 16.2 Å². The van der Waals surface area contributed by atoms with Gasteiger partial charge < -0.3 is 72.8 Å². The normalized spacial score (nSPS) is 10.8. The van der Waals surface area contributed by atoms with E-state index < -0.39 is 185 Å². The molecule has 1 aromatic rings. The molecule has 0 aliphatic carbocycles. The number of rotatable bonds is 54. The zero-order chi connectivity index (χ0) is 74.1. The van der Waals surface area contributed by atoms with E-state index in [0.717, 1.165) is 68.4 Å². The van der Waals surface area contributed by atoms with Crippen LogP contribution in [0.3, 0.4) is 0 Å². The van der Waals surface area contributed by atoms with Crippen LogP contribution in [0.5, 0.6) is 0 Å². The predicted octanol–water partition coefficient (Wildman–Crippen LogP) is 3.55. The molecule has 0 bridgehead atoms. The van der Waals surface area contributed by atoms with Gasteiger partial charge in [-0.15, -0.1) is 0 Å². The monoisotopic (exact) mass is 1400 g/mol. The van der Waals surface area contributed by atoms with E-state index in [2.05, 4.69) is 75.2 Å². The fourth-order valence-corrected chi connectivity index (χ4v) is 8.18. The van der Waals surface area contributed by atoms with Crippen LogP contribution >= 0.6 is 0 Å². The highest BCUT2D eigenvalue weighted by molar-refractivity contribution is 5.84. The van der Waals surface area contributed by atoms with Crippen LogP contribution in [0.2, 0.25) is 0 Å². The fraction of sp³-hybridized carbons (Fsp3) is 0.500. The number of esters is 9. The number of amides is 3. The number of aromatic nitrogens is 3. The molecule has 0 aliphatic heterocycles. The SMILES string of the molecule is C=CC(=O)OCC(COC(=O)C=C)(COC(=O)C=C)COC(=O)NCCCCCCn1c(=O)n(CCCCCCNC(=O)OCC(COC(=O)C=C)(COC(=O)C=C)COC(=O)C=C)c(=O)n(CCCCCCNC(=O)OCC(COC(=O)C=C)(COC(=O)C=C)COC(=O)C=C)c1=O. The van der Waals surface area contributed by atoms with Gasteiger partial charge in [0.1, 0.15) is 95.5 Å². The second-order valence-electron chi connectivity index (χ2n) is 21.9. The lowest BCUT2D eigenvalue weighted by atomic mass is 9.92. The van der Waals surface area contributed by atoms with Crippen molar-refractivity contribution in [2.75, 3.05) is 98.9 Å². The molecule has 0 spiro atoms. The molecule has 99 heavy (non-hydrogen) atoms. The number of carbonyl (C=O) groups is 12. The van der Waals surface area contributed by atoms with Crippen molar-refractivity contribution in [1.82, 2.24) is 29.7 Å². The van der Waals surface area contributed by atoms with Crippen molar-refractivity contribution < 1.29 is 114 Å². The number of nitrogens with one attached hydrogen (secondary N) is 3. The van der Waals surface area contributed by atoms with Gasteiger partial charge in [-0.3, -0.25) is 0 Å². The Morgan fingerprint density at radius 1 is 0.253 bits per heavy atom. The molecule has 3 amide bonds. The van der Waals surface area contributed by atoms with Gasteiger partial charge in [-0.2, -0.15) is 0 Å². The smallest absolute Gasteiger partial charge is 0.407 e. The number of hydrogen-bond acceptors (Lipinski definition) is 27. The summed E-state index contributed by atoms with van der Waals surface area (Å²) in [6.07, 6.45) is 9.78. The summed E-state index contributed by atoms with van der Waals surface area (Å²) in [6.45, 7) is 23.4. The number of unbranched alkanes of at least 4 members (excludes halogenated alkanes) is 9. The molecule has 33 nitrogen and oxygen atoms in total. The Balaban J connectivity index is 3.22. The molecule has 546 valence electrons. The van der Waals surface area contributed by atoms with E-state index in [9.17, 15) is 71.9 Å². The quantitative estimate of drug-likeness (QED) is 0.0363. The third-order valence-corrected chi connectivity index (χ3v) is 13.8. The Labute approximate surface area is 571 Å². The maximum absolute atomic E-state index is 14.0. The average molecular weight is 1400 g/mol. The van der Waals surface area contributed by atoms with Crippen LogP contribution in [0.1, 0.15) is 77.0 Å². The molecule has 1 rings (SSSR count). The van der Waals surface area contributed by atoms with Gasteiger partial charge in [0.05, 0.1) is 0 Å². The number of carbonyl (C=O) groups excluding carboxylic acids is 12. The van der Waals surface area contributed by atoms with E-state index in [1.165, 1.54) is 0 Å². The van der Waals surface area contributed by atoms with Gasteiger partial charge in [-0.1, -0.05) is 97.7 Å². The van der Waals surface area contributed by atoms with E-state index in [1.54, 1.807) is 0 Å². The summed E-state index contributed by atoms with van der Waals surface area (Å²) in [5.74, 6) is -7.81. The molecule has 0 atom stereocenters. The summed E-state index contributed by atoms with van der Waals surface area (Å²) in [5.41, 5.74) is -7.23. The van der Waals surface area contributed by atoms with Crippen LogP contribution in [0.4, 0.5) is 14.4 Å². The van der Waals surface area contributed by atoms with Gasteiger partial charge in [-0.25, -0.2) is 85.6 Å². The Morgan fingerprint density at radius 2 is 0.404 bits per heavy atom. The number of hydrogen-bond donors (Lipinski definition) is 3. The highest BCUT2D eigenvalue weighted by atomic mass is 16.6. The predicted molar refractivity (Wildman–Crippen MR) is 350 cm³/mol. The number of alkyl carbamates (subject to hydrolysis) is 3. The first kappa shape index (κ1) is 86.1. The highest BCUT2D eigenvalue weighted by Crippen LogP contribution is 2.25. The Kier molecular flexibility index (Phi) is 42.4. The zero-order valence-corrected chi connectivity index (χ0v) is 55.6. The van der Waals surface area contributed by atoms with Crippen molar-refractivity contribution >= 4 is 72.0 Å². The molecule has 0 radical (unpaired) electrons. The van der Waals surface area contributed by atoms with E-state index in [-0.39, 0.29) is 58.5 Å². The van der Waals surface area contributed by atoms with Crippen molar-refractivity contribution in [1.29, 1.82) is 0 Å². The molecule has 0 unspecified atom stereocenters. The van der Waals surface area contributed by atoms with E-state index in [1.807, 2.05) is 0 Å². The Morgan fingerprint density at radius 3 is 0.566 bits per heavy atom. The molecule has 0 saturated heterocycles. The largest absolute Gasteiger partial charge is 0.462 e. The van der Waals surface area contributed by atoms with Crippen LogP contribution < -0.4 is 33.0 Å². The van der Waals surface area contributed by atoms with Crippen LogP contribution in [-0.4, -0.2) is 185 Å². The second-order valence-corrected chi connectivity index (χ2v) is 21.9. The average Bonchev–Trinajstić information content (AvgIpc) is 0.793. The topological polar surface area (TPSA) is 418 Å². The highest BCUT2D eigenvalue weighted by Gasteiger charge is 2.40. The molecule has 0 aromatic carbocycles. The molecule has 33 heteroatoms. The van der Waals surface area contributed by atoms with Gasteiger partial charge in [0.25, 0.3) is 0 Å². The summed E-state index contributed by atoms with van der Waals surface area (Å²) in [5, 5.41) is 7.69. The molecule has 0 fully saturated rings. The minimum Gasteiger partial charge on any atom is -0.462 e. The van der Waals surface area contributed by atoms with Crippen molar-refractivity contribution in [2.45, 2.75) is 96.7 Å². The van der Waals surface area contributed by atoms with Gasteiger partial charge in [0.2, 0.25) is 0 Å². The summed E-state index contributed by atoms with van der Waals surface area (Å²) in [7, 11) is 0. The molecule has 0 saturated carbocycles. The molecule has 1 aromatic heterocycles. The van der Waals surface area contributed by atoms with Crippen LogP contribution in [0.15, 0.2) is 128 Å². The van der Waals surface area contributed by atoms with Gasteiger partial charge in [0.15, 0.2) is 0 Å². The summed E-state index contributed by atoms with van der Waals surface area (Å²) < 4.78 is 65.3. The number of ether oxygens (including phenoxy) is 12. The zero-order valence-electron chi connectivity index (χ0n) is 55.6. The van der Waals surface area contributed by atoms with E-state index >= 15 is 0 Å². The van der Waals surface area contributed by atoms with Gasteiger partial charge >= 0.3 is 89.1 Å². The van der Waals surface area contributed by atoms with Crippen molar-refractivity contribution in [3.63, 3.8) is 0 Å². The van der Waals surface area contributed by atoms with E-state index in [0.29, 0.717) is 57.8 Å². The van der Waals surface area contributed by atoms with Crippen LogP contribution in [-0.2, 0) is 120 Å². The standard InChI is InChI=1S/C66H90N6O27/c1-10-49(73)88-37-64(38-89-50(74)11-2,39-90-51(75)12-3)46-97-58(82)67-31-25-19-22-28-34-70-61(85)71(35-29-23-20-26-32-68-59(83)98-47-65(40-91-52(76)13-4,41-92-53(77)14-5)42-93-54(78)15-6)63(87)72(62(70)86)36-30-24-21-27-33-69-60(84)99-48-66(43-94-55(79)16-7,44-95-56(80)17-8)45-96-57(81)18-9/h10-18H,1-9,19-48H2,(H,67,82)(H,68,83)(H,69,84). The third-order valence-electron chi connectivity index (χ3n) is 13.8. The molecule has 3 N–H and O–H groups in total. The van der Waals surface area contributed by atoms with Gasteiger partial charge in [-0.05, 0) is 38.5 Å². The maximum Gasteiger partial charge on any atom is 0.407 e. The first-order valence-corrected chi connectivity index (χ1v) is 31.1. The maximum atomic E-state index is 14.0. The van der Waals surface area contributed by atoms with E-state index in [4.69, 9.17) is 56.8 Å².